The zero-order valence-electron chi connectivity index (χ0n) is 10.5. The average molecular weight is 269 g/mol. The van der Waals surface area contributed by atoms with E-state index in [1.165, 1.54) is 24.6 Å². The number of imidazole rings is 1. The van der Waals surface area contributed by atoms with E-state index < -0.39 is 5.97 Å². The van der Waals surface area contributed by atoms with E-state index in [4.69, 9.17) is 5.11 Å². The molecule has 0 aliphatic heterocycles. The van der Waals surface area contributed by atoms with E-state index in [0.29, 0.717) is 11.6 Å². The monoisotopic (exact) mass is 269 g/mol. The second-order valence-corrected chi connectivity index (χ2v) is 4.96. The van der Waals surface area contributed by atoms with Crippen LogP contribution in [0.25, 0.3) is 11.3 Å². The van der Waals surface area contributed by atoms with Crippen molar-refractivity contribution in [3.8, 4) is 5.69 Å². The average Bonchev–Trinajstić information content (AvgIpc) is 2.99. The fourth-order valence-electron chi connectivity index (χ4n) is 2.36. The molecule has 20 heavy (non-hydrogen) atoms. The molecule has 7 nitrogen and oxygen atoms in total. The first-order valence-electron chi connectivity index (χ1n) is 6.33. The standard InChI is InChI=1S/C13H11N5O2/c19-13(20)10-5-17-4-9(8-1-2-8)3-11(12(17)16-10)18-6-14-15-7-18/h3-8H,1-2H2,(H,19,20). The summed E-state index contributed by atoms with van der Waals surface area (Å²) in [6.07, 6.45) is 9.02. The van der Waals surface area contributed by atoms with Crippen LogP contribution in [0, 0.1) is 0 Å². The molecular formula is C13H11N5O2. The summed E-state index contributed by atoms with van der Waals surface area (Å²) in [6.45, 7) is 0. The van der Waals surface area contributed by atoms with Crippen molar-refractivity contribution < 1.29 is 9.90 Å². The molecule has 0 bridgehead atoms. The topological polar surface area (TPSA) is 85.3 Å². The number of pyridine rings is 1. The third-order valence-electron chi connectivity index (χ3n) is 3.52. The molecule has 100 valence electrons. The molecule has 0 spiro atoms. The summed E-state index contributed by atoms with van der Waals surface area (Å²) >= 11 is 0. The smallest absolute Gasteiger partial charge is 0.356 e. The lowest BCUT2D eigenvalue weighted by Gasteiger charge is -2.07. The Morgan fingerprint density at radius 2 is 2.00 bits per heavy atom. The summed E-state index contributed by atoms with van der Waals surface area (Å²) in [5.41, 5.74) is 2.61. The lowest BCUT2D eigenvalue weighted by molar-refractivity contribution is 0.0691. The van der Waals surface area contributed by atoms with Crippen molar-refractivity contribution in [2.24, 2.45) is 0 Å². The summed E-state index contributed by atoms with van der Waals surface area (Å²) in [5.74, 6) is -0.471. The van der Waals surface area contributed by atoms with Crippen molar-refractivity contribution in [1.29, 1.82) is 0 Å². The second-order valence-electron chi connectivity index (χ2n) is 4.96. The number of aromatic nitrogens is 5. The molecular weight excluding hydrogens is 258 g/mol. The molecule has 4 rings (SSSR count). The first-order chi connectivity index (χ1) is 9.72. The van der Waals surface area contributed by atoms with Gasteiger partial charge >= 0.3 is 5.97 Å². The maximum absolute atomic E-state index is 11.1. The Balaban J connectivity index is 2.00. The molecule has 0 aromatic carbocycles. The maximum Gasteiger partial charge on any atom is 0.356 e. The Hall–Kier alpha value is -2.70. The molecule has 0 amide bonds. The normalized spacial score (nSPS) is 14.8. The van der Waals surface area contributed by atoms with Gasteiger partial charge in [0.15, 0.2) is 11.3 Å². The van der Waals surface area contributed by atoms with Crippen LogP contribution < -0.4 is 0 Å². The lowest BCUT2D eigenvalue weighted by Crippen LogP contribution is -1.98. The fraction of sp³-hybridized carbons (Fsp3) is 0.231. The summed E-state index contributed by atoms with van der Waals surface area (Å²) in [4.78, 5) is 15.3. The molecule has 0 atom stereocenters. The van der Waals surface area contributed by atoms with Crippen LogP contribution in [0.2, 0.25) is 0 Å². The summed E-state index contributed by atoms with van der Waals surface area (Å²) in [5, 5.41) is 16.7. The zero-order chi connectivity index (χ0) is 13.7. The Bertz CT molecular complexity index is 802. The molecule has 1 fully saturated rings. The molecule has 0 unspecified atom stereocenters. The molecule has 1 N–H and O–H groups in total. The third-order valence-corrected chi connectivity index (χ3v) is 3.52. The molecule has 1 aliphatic carbocycles. The molecule has 7 heteroatoms. The SMILES string of the molecule is O=C(O)c1cn2cc(C3CC3)cc(-n3cnnc3)c2n1. The lowest BCUT2D eigenvalue weighted by atomic mass is 10.2. The van der Waals surface area contributed by atoms with E-state index in [2.05, 4.69) is 15.2 Å². The van der Waals surface area contributed by atoms with E-state index in [9.17, 15) is 4.79 Å². The van der Waals surface area contributed by atoms with Crippen LogP contribution in [-0.4, -0.2) is 35.2 Å². The highest BCUT2D eigenvalue weighted by Gasteiger charge is 2.25. The van der Waals surface area contributed by atoms with Gasteiger partial charge in [0, 0.05) is 12.4 Å². The van der Waals surface area contributed by atoms with E-state index in [-0.39, 0.29) is 5.69 Å². The molecule has 0 radical (unpaired) electrons. The highest BCUT2D eigenvalue weighted by molar-refractivity contribution is 5.86. The number of carboxylic acids is 1. The van der Waals surface area contributed by atoms with E-state index in [0.717, 1.165) is 5.69 Å². The van der Waals surface area contributed by atoms with Crippen molar-refractivity contribution in [2.75, 3.05) is 0 Å². The molecule has 1 aliphatic rings. The molecule has 3 aromatic rings. The Morgan fingerprint density at radius 1 is 1.25 bits per heavy atom. The number of aromatic carboxylic acids is 1. The van der Waals surface area contributed by atoms with Gasteiger partial charge in [0.25, 0.3) is 0 Å². The van der Waals surface area contributed by atoms with E-state index in [1.54, 1.807) is 21.6 Å². The summed E-state index contributed by atoms with van der Waals surface area (Å²) < 4.78 is 3.52. The van der Waals surface area contributed by atoms with Crippen LogP contribution in [-0.2, 0) is 0 Å². The number of carbonyl (C=O) groups is 1. The fourth-order valence-corrected chi connectivity index (χ4v) is 2.36. The largest absolute Gasteiger partial charge is 0.476 e. The molecule has 3 aromatic heterocycles. The van der Waals surface area contributed by atoms with Gasteiger partial charge in [-0.05, 0) is 30.4 Å². The summed E-state index contributed by atoms with van der Waals surface area (Å²) in [7, 11) is 0. The number of carboxylic acid groups (broad SMARTS) is 1. The first kappa shape index (κ1) is 11.2. The van der Waals surface area contributed by atoms with Crippen molar-refractivity contribution in [1.82, 2.24) is 24.1 Å². The van der Waals surface area contributed by atoms with Crippen LogP contribution in [0.4, 0.5) is 0 Å². The highest BCUT2D eigenvalue weighted by Crippen LogP contribution is 2.40. The molecule has 1 saturated carbocycles. The van der Waals surface area contributed by atoms with Gasteiger partial charge in [0.1, 0.15) is 12.7 Å². The predicted molar refractivity (Wildman–Crippen MR) is 69.0 cm³/mol. The minimum absolute atomic E-state index is 0.0345. The van der Waals surface area contributed by atoms with Gasteiger partial charge in [-0.2, -0.15) is 0 Å². The third kappa shape index (κ3) is 1.67. The van der Waals surface area contributed by atoms with Crippen molar-refractivity contribution in [2.45, 2.75) is 18.8 Å². The van der Waals surface area contributed by atoms with Gasteiger partial charge in [-0.1, -0.05) is 0 Å². The van der Waals surface area contributed by atoms with Crippen molar-refractivity contribution in [3.05, 3.63) is 42.4 Å². The van der Waals surface area contributed by atoms with E-state index in [1.807, 2.05) is 12.3 Å². The number of nitrogens with zero attached hydrogens (tertiary/aromatic N) is 5. The van der Waals surface area contributed by atoms with Gasteiger partial charge < -0.3 is 9.51 Å². The Kier molecular flexibility index (Phi) is 2.17. The van der Waals surface area contributed by atoms with E-state index >= 15 is 0 Å². The van der Waals surface area contributed by atoms with Gasteiger partial charge in [0.2, 0.25) is 0 Å². The van der Waals surface area contributed by atoms with Crippen LogP contribution in [0.5, 0.6) is 0 Å². The summed E-state index contributed by atoms with van der Waals surface area (Å²) in [6, 6.07) is 2.04. The Morgan fingerprint density at radius 3 is 2.65 bits per heavy atom. The quantitative estimate of drug-likeness (QED) is 0.778. The van der Waals surface area contributed by atoms with Crippen LogP contribution in [0.15, 0.2) is 31.1 Å². The number of fused-ring (bicyclic) bond motifs is 1. The van der Waals surface area contributed by atoms with Crippen LogP contribution >= 0.6 is 0 Å². The van der Waals surface area contributed by atoms with Gasteiger partial charge in [0.05, 0.1) is 5.69 Å². The molecule has 3 heterocycles. The maximum atomic E-state index is 11.1. The van der Waals surface area contributed by atoms with Crippen molar-refractivity contribution >= 4 is 11.6 Å². The number of hydrogen-bond acceptors (Lipinski definition) is 4. The number of hydrogen-bond donors (Lipinski definition) is 1. The minimum Gasteiger partial charge on any atom is -0.476 e. The van der Waals surface area contributed by atoms with Crippen LogP contribution in [0.1, 0.15) is 34.8 Å². The minimum atomic E-state index is -1.03. The second kappa shape index (κ2) is 3.89. The van der Waals surface area contributed by atoms with Gasteiger partial charge in [-0.25, -0.2) is 9.78 Å². The zero-order valence-corrected chi connectivity index (χ0v) is 10.5. The van der Waals surface area contributed by atoms with Gasteiger partial charge in [-0.15, -0.1) is 10.2 Å². The van der Waals surface area contributed by atoms with Gasteiger partial charge in [-0.3, -0.25) is 4.57 Å². The van der Waals surface area contributed by atoms with Crippen molar-refractivity contribution in [3.63, 3.8) is 0 Å². The number of rotatable bonds is 3. The highest BCUT2D eigenvalue weighted by atomic mass is 16.4. The predicted octanol–water partition coefficient (Wildman–Crippen LogP) is 1.49. The Labute approximate surface area is 113 Å². The van der Waals surface area contributed by atoms with Crippen LogP contribution in [0.3, 0.4) is 0 Å². The first-order valence-corrected chi connectivity index (χ1v) is 6.33. The molecule has 0 saturated heterocycles.